The number of hydroxylamine groups is 1. The summed E-state index contributed by atoms with van der Waals surface area (Å²) in [5.74, 6) is -0.280. The van der Waals surface area contributed by atoms with Crippen LogP contribution in [0, 0.1) is 0 Å². The number of aromatic nitrogens is 2. The smallest absolute Gasteiger partial charge is 0.249 e. The van der Waals surface area contributed by atoms with E-state index in [1.807, 2.05) is 36.4 Å². The van der Waals surface area contributed by atoms with Crippen LogP contribution in [0.2, 0.25) is 0 Å². The first-order valence-corrected chi connectivity index (χ1v) is 6.46. The summed E-state index contributed by atoms with van der Waals surface area (Å²) in [5, 5.41) is 4.73. The van der Waals surface area contributed by atoms with E-state index in [0.717, 1.165) is 10.9 Å². The van der Waals surface area contributed by atoms with E-state index in [4.69, 9.17) is 9.36 Å². The van der Waals surface area contributed by atoms with E-state index in [2.05, 4.69) is 15.6 Å². The number of amides is 1. The fourth-order valence-electron chi connectivity index (χ4n) is 1.94. The van der Waals surface area contributed by atoms with Crippen LogP contribution in [-0.4, -0.2) is 16.0 Å². The van der Waals surface area contributed by atoms with Gasteiger partial charge in [0.25, 0.3) is 0 Å². The molecule has 106 valence electrons. The molecule has 0 aliphatic carbocycles. The largest absolute Gasteiger partial charge is 0.356 e. The molecule has 6 heteroatoms. The van der Waals surface area contributed by atoms with Gasteiger partial charge in [0, 0.05) is 17.8 Å². The summed E-state index contributed by atoms with van der Waals surface area (Å²) < 4.78 is 5.14. The normalized spacial score (nSPS) is 10.7. The lowest BCUT2D eigenvalue weighted by atomic mass is 10.2. The van der Waals surface area contributed by atoms with Gasteiger partial charge in [-0.25, -0.2) is 5.48 Å². The van der Waals surface area contributed by atoms with E-state index in [-0.39, 0.29) is 18.9 Å². The summed E-state index contributed by atoms with van der Waals surface area (Å²) in [6.45, 7) is 0.263. The van der Waals surface area contributed by atoms with E-state index in [0.29, 0.717) is 11.3 Å². The fraction of sp³-hybridized carbons (Fsp3) is 0.133. The van der Waals surface area contributed by atoms with Gasteiger partial charge in [0.15, 0.2) is 5.58 Å². The Kier molecular flexibility index (Phi) is 3.88. The number of carbonyl (C=O) groups excluding carboxylic acids is 1. The van der Waals surface area contributed by atoms with Crippen molar-refractivity contribution in [1.82, 2.24) is 15.6 Å². The average molecular weight is 283 g/mol. The number of fused-ring (bicyclic) bond motifs is 1. The van der Waals surface area contributed by atoms with Crippen molar-refractivity contribution in [2.75, 3.05) is 0 Å². The minimum Gasteiger partial charge on any atom is -0.356 e. The minimum atomic E-state index is -0.280. The molecule has 0 aliphatic heterocycles. The average Bonchev–Trinajstić information content (AvgIpc) is 2.92. The molecule has 2 heterocycles. The Bertz CT molecular complexity index is 740. The molecule has 0 fully saturated rings. The summed E-state index contributed by atoms with van der Waals surface area (Å²) in [6.07, 6.45) is 3.46. The zero-order chi connectivity index (χ0) is 14.5. The third-order valence-corrected chi connectivity index (χ3v) is 2.93. The number of hydrogen-bond acceptors (Lipinski definition) is 5. The maximum Gasteiger partial charge on any atom is 0.249 e. The Morgan fingerprint density at radius 3 is 3.00 bits per heavy atom. The highest BCUT2D eigenvalue weighted by atomic mass is 16.6. The summed E-state index contributed by atoms with van der Waals surface area (Å²) in [5.41, 5.74) is 4.52. The summed E-state index contributed by atoms with van der Waals surface area (Å²) in [6, 6.07) is 11.1. The Hall–Kier alpha value is -2.73. The fourth-order valence-corrected chi connectivity index (χ4v) is 1.94. The van der Waals surface area contributed by atoms with Gasteiger partial charge in [-0.15, -0.1) is 0 Å². The lowest BCUT2D eigenvalue weighted by molar-refractivity contribution is -0.133. The van der Waals surface area contributed by atoms with Gasteiger partial charge in [0.2, 0.25) is 5.91 Å². The molecule has 1 N–H and O–H groups in total. The van der Waals surface area contributed by atoms with Crippen LogP contribution >= 0.6 is 0 Å². The highest BCUT2D eigenvalue weighted by Crippen LogP contribution is 2.17. The molecule has 0 unspecified atom stereocenters. The molecule has 1 amide bonds. The molecule has 6 nitrogen and oxygen atoms in total. The molecular weight excluding hydrogens is 270 g/mol. The highest BCUT2D eigenvalue weighted by molar-refractivity contribution is 5.85. The maximum absolute atomic E-state index is 11.8. The standard InChI is InChI=1S/C15H13N3O3/c19-15(18-20-10-11-4-3-7-16-9-11)8-13-12-5-1-2-6-14(12)21-17-13/h1-7,9H,8,10H2,(H,18,19). The van der Waals surface area contributed by atoms with E-state index >= 15 is 0 Å². The lowest BCUT2D eigenvalue weighted by Crippen LogP contribution is -2.25. The molecule has 0 saturated carbocycles. The van der Waals surface area contributed by atoms with Gasteiger partial charge in [0.1, 0.15) is 12.3 Å². The highest BCUT2D eigenvalue weighted by Gasteiger charge is 2.11. The number of nitrogens with zero attached hydrogens (tertiary/aromatic N) is 2. The van der Waals surface area contributed by atoms with E-state index in [9.17, 15) is 4.79 Å². The van der Waals surface area contributed by atoms with Crippen molar-refractivity contribution < 1.29 is 14.2 Å². The number of nitrogens with one attached hydrogen (secondary N) is 1. The Labute approximate surface area is 120 Å². The first-order valence-electron chi connectivity index (χ1n) is 6.46. The van der Waals surface area contributed by atoms with Crippen LogP contribution in [0.3, 0.4) is 0 Å². The molecule has 0 radical (unpaired) electrons. The maximum atomic E-state index is 11.8. The van der Waals surface area contributed by atoms with Crippen LogP contribution in [0.25, 0.3) is 11.0 Å². The van der Waals surface area contributed by atoms with Crippen LogP contribution in [0.4, 0.5) is 0 Å². The first-order chi connectivity index (χ1) is 10.3. The number of hydrogen-bond donors (Lipinski definition) is 1. The number of benzene rings is 1. The second kappa shape index (κ2) is 6.15. The van der Waals surface area contributed by atoms with Crippen LogP contribution < -0.4 is 5.48 Å². The van der Waals surface area contributed by atoms with Gasteiger partial charge in [-0.05, 0) is 23.8 Å². The molecule has 0 saturated heterocycles. The van der Waals surface area contributed by atoms with Gasteiger partial charge < -0.3 is 4.52 Å². The van der Waals surface area contributed by atoms with Gasteiger partial charge in [0.05, 0.1) is 6.42 Å². The van der Waals surface area contributed by atoms with Crippen molar-refractivity contribution >= 4 is 16.9 Å². The third-order valence-electron chi connectivity index (χ3n) is 2.93. The SMILES string of the molecule is O=C(Cc1noc2ccccc12)NOCc1cccnc1. The number of carbonyl (C=O) groups is 1. The zero-order valence-corrected chi connectivity index (χ0v) is 11.2. The molecule has 0 bridgehead atoms. The number of pyridine rings is 1. The Morgan fingerprint density at radius 1 is 1.24 bits per heavy atom. The first kappa shape index (κ1) is 13.3. The monoisotopic (exact) mass is 283 g/mol. The predicted molar refractivity (Wildman–Crippen MR) is 74.9 cm³/mol. The Balaban J connectivity index is 1.55. The number of rotatable bonds is 5. The minimum absolute atomic E-state index is 0.101. The molecule has 3 aromatic rings. The molecule has 0 spiro atoms. The predicted octanol–water partition coefficient (Wildman–Crippen LogP) is 2.01. The molecular formula is C15H13N3O3. The van der Waals surface area contributed by atoms with Crippen molar-refractivity contribution in [3.63, 3.8) is 0 Å². The number of para-hydroxylation sites is 1. The van der Waals surface area contributed by atoms with Gasteiger partial charge >= 0.3 is 0 Å². The molecule has 1 aromatic carbocycles. The summed E-state index contributed by atoms with van der Waals surface area (Å²) in [7, 11) is 0. The Morgan fingerprint density at radius 2 is 2.14 bits per heavy atom. The quantitative estimate of drug-likeness (QED) is 0.725. The van der Waals surface area contributed by atoms with Crippen molar-refractivity contribution in [3.05, 3.63) is 60.0 Å². The van der Waals surface area contributed by atoms with Crippen LogP contribution in [0.5, 0.6) is 0 Å². The van der Waals surface area contributed by atoms with E-state index in [1.54, 1.807) is 12.4 Å². The van der Waals surface area contributed by atoms with Crippen molar-refractivity contribution in [3.8, 4) is 0 Å². The van der Waals surface area contributed by atoms with Crippen LogP contribution in [0.15, 0.2) is 53.3 Å². The van der Waals surface area contributed by atoms with Crippen molar-refractivity contribution in [1.29, 1.82) is 0 Å². The molecule has 0 aliphatic rings. The van der Waals surface area contributed by atoms with E-state index in [1.165, 1.54) is 0 Å². The zero-order valence-electron chi connectivity index (χ0n) is 11.2. The summed E-state index contributed by atoms with van der Waals surface area (Å²) >= 11 is 0. The summed E-state index contributed by atoms with van der Waals surface area (Å²) in [4.78, 5) is 20.9. The van der Waals surface area contributed by atoms with Crippen LogP contribution in [-0.2, 0) is 22.7 Å². The second-order valence-electron chi connectivity index (χ2n) is 4.48. The van der Waals surface area contributed by atoms with Gasteiger partial charge in [-0.3, -0.25) is 14.6 Å². The topological polar surface area (TPSA) is 77.2 Å². The van der Waals surface area contributed by atoms with Crippen LogP contribution in [0.1, 0.15) is 11.3 Å². The lowest BCUT2D eigenvalue weighted by Gasteiger charge is -2.04. The third kappa shape index (κ3) is 3.24. The van der Waals surface area contributed by atoms with Crippen molar-refractivity contribution in [2.24, 2.45) is 0 Å². The van der Waals surface area contributed by atoms with Gasteiger partial charge in [-0.2, -0.15) is 0 Å². The molecule has 0 atom stereocenters. The van der Waals surface area contributed by atoms with Crippen molar-refractivity contribution in [2.45, 2.75) is 13.0 Å². The molecule has 21 heavy (non-hydrogen) atoms. The molecule has 3 rings (SSSR count). The van der Waals surface area contributed by atoms with E-state index < -0.39 is 0 Å². The molecule has 2 aromatic heterocycles. The second-order valence-corrected chi connectivity index (χ2v) is 4.48. The van der Waals surface area contributed by atoms with Gasteiger partial charge in [-0.1, -0.05) is 23.4 Å².